The Bertz CT molecular complexity index is 143. The minimum absolute atomic E-state index is 0. The largest absolute Gasteiger partial charge is 1.00 e. The monoisotopic (exact) mass is 290 g/mol. The van der Waals surface area contributed by atoms with Gasteiger partial charge in [-0.25, -0.2) is 0 Å². The molecule has 0 aliphatic rings. The van der Waals surface area contributed by atoms with Crippen LogP contribution in [0.15, 0.2) is 34.8 Å². The summed E-state index contributed by atoms with van der Waals surface area (Å²) in [6, 6.07) is 9.97. The normalized spacial score (nSPS) is 7.62. The molecule has 0 unspecified atom stereocenters. The van der Waals surface area contributed by atoms with Crippen LogP contribution in [-0.4, -0.2) is 0 Å². The maximum Gasteiger partial charge on any atom is 1.00 e. The SMILES string of the molecule is Brc1ccccc1.[Cs+].[H-]. The van der Waals surface area contributed by atoms with E-state index in [1.165, 1.54) is 0 Å². The maximum atomic E-state index is 3.31. The van der Waals surface area contributed by atoms with Gasteiger partial charge in [-0.1, -0.05) is 34.1 Å². The average molecular weight is 291 g/mol. The molecule has 8 heavy (non-hydrogen) atoms. The Balaban J connectivity index is 0. The van der Waals surface area contributed by atoms with Crippen LogP contribution in [0.2, 0.25) is 0 Å². The van der Waals surface area contributed by atoms with E-state index in [0.717, 1.165) is 4.47 Å². The second-order valence-corrected chi connectivity index (χ2v) is 2.21. The summed E-state index contributed by atoms with van der Waals surface area (Å²) < 4.78 is 1.13. The summed E-state index contributed by atoms with van der Waals surface area (Å²) in [5.41, 5.74) is 0. The van der Waals surface area contributed by atoms with Crippen LogP contribution in [0.4, 0.5) is 0 Å². The summed E-state index contributed by atoms with van der Waals surface area (Å²) in [7, 11) is 0. The van der Waals surface area contributed by atoms with Crippen LogP contribution in [0.5, 0.6) is 0 Å². The van der Waals surface area contributed by atoms with Crippen LogP contribution in [-0.2, 0) is 0 Å². The molecule has 0 atom stereocenters. The van der Waals surface area contributed by atoms with Crippen LogP contribution in [0.3, 0.4) is 0 Å². The van der Waals surface area contributed by atoms with E-state index in [1.54, 1.807) is 0 Å². The van der Waals surface area contributed by atoms with Crippen LogP contribution >= 0.6 is 15.9 Å². The topological polar surface area (TPSA) is 0 Å². The first kappa shape index (κ1) is 9.75. The van der Waals surface area contributed by atoms with Crippen molar-refractivity contribution in [2.75, 3.05) is 0 Å². The van der Waals surface area contributed by atoms with Crippen molar-refractivity contribution in [3.63, 3.8) is 0 Å². The van der Waals surface area contributed by atoms with E-state index in [0.29, 0.717) is 0 Å². The second kappa shape index (κ2) is 5.53. The molecule has 0 heterocycles. The van der Waals surface area contributed by atoms with E-state index in [9.17, 15) is 0 Å². The molecule has 1 aromatic rings. The molecule has 38 valence electrons. The zero-order valence-electron chi connectivity index (χ0n) is 5.76. The van der Waals surface area contributed by atoms with Gasteiger partial charge >= 0.3 is 68.9 Å². The fourth-order valence-corrected chi connectivity index (χ4v) is 0.720. The third-order valence-electron chi connectivity index (χ3n) is 0.733. The first-order valence-electron chi connectivity index (χ1n) is 2.10. The summed E-state index contributed by atoms with van der Waals surface area (Å²) in [4.78, 5) is 0. The molecular formula is C6H6BrCs. The van der Waals surface area contributed by atoms with Crippen LogP contribution in [0, 0.1) is 0 Å². The average Bonchev–Trinajstić information content (AvgIpc) is 1.69. The molecule has 0 N–H and O–H groups in total. The molecule has 0 aliphatic heterocycles. The summed E-state index contributed by atoms with van der Waals surface area (Å²) >= 11 is 3.31. The van der Waals surface area contributed by atoms with Gasteiger partial charge in [0, 0.05) is 4.47 Å². The van der Waals surface area contributed by atoms with Gasteiger partial charge in [0.05, 0.1) is 0 Å². The Labute approximate surface area is 118 Å². The van der Waals surface area contributed by atoms with Gasteiger partial charge in [-0.05, 0) is 12.1 Å². The molecule has 0 aliphatic carbocycles. The Morgan fingerprint density at radius 2 is 1.62 bits per heavy atom. The van der Waals surface area contributed by atoms with Crippen molar-refractivity contribution in [3.05, 3.63) is 34.8 Å². The van der Waals surface area contributed by atoms with Crippen molar-refractivity contribution in [1.29, 1.82) is 0 Å². The van der Waals surface area contributed by atoms with Gasteiger partial charge in [-0.15, -0.1) is 0 Å². The van der Waals surface area contributed by atoms with E-state index < -0.39 is 0 Å². The van der Waals surface area contributed by atoms with Gasteiger partial charge in [-0.2, -0.15) is 0 Å². The fourth-order valence-electron chi connectivity index (χ4n) is 0.415. The minimum atomic E-state index is 0. The van der Waals surface area contributed by atoms with Gasteiger partial charge in [0.2, 0.25) is 0 Å². The minimum Gasteiger partial charge on any atom is -1.00 e. The van der Waals surface area contributed by atoms with E-state index >= 15 is 0 Å². The zero-order valence-corrected chi connectivity index (χ0v) is 12.6. The number of hydrogen-bond donors (Lipinski definition) is 0. The van der Waals surface area contributed by atoms with Crippen molar-refractivity contribution in [3.8, 4) is 0 Å². The van der Waals surface area contributed by atoms with E-state index in [-0.39, 0.29) is 70.3 Å². The summed E-state index contributed by atoms with van der Waals surface area (Å²) in [5.74, 6) is 0. The van der Waals surface area contributed by atoms with Crippen molar-refractivity contribution >= 4 is 15.9 Å². The van der Waals surface area contributed by atoms with Crippen molar-refractivity contribution in [2.24, 2.45) is 0 Å². The summed E-state index contributed by atoms with van der Waals surface area (Å²) in [6.45, 7) is 0. The standard InChI is InChI=1S/C6H5Br.Cs.H/c7-6-4-2-1-3-5-6;;/h1-5H;;/q;+1;-1. The Morgan fingerprint density at radius 1 is 1.12 bits per heavy atom. The molecule has 0 radical (unpaired) electrons. The maximum absolute atomic E-state index is 3.31. The zero-order chi connectivity index (χ0) is 5.11. The predicted molar refractivity (Wildman–Crippen MR) is 35.3 cm³/mol. The third-order valence-corrected chi connectivity index (χ3v) is 1.26. The summed E-state index contributed by atoms with van der Waals surface area (Å²) in [5, 5.41) is 0. The molecule has 0 nitrogen and oxygen atoms in total. The quantitative estimate of drug-likeness (QED) is 0.608. The van der Waals surface area contributed by atoms with Crippen LogP contribution < -0.4 is 68.9 Å². The van der Waals surface area contributed by atoms with Crippen molar-refractivity contribution < 1.29 is 70.3 Å². The number of hydrogen-bond acceptors (Lipinski definition) is 0. The Hall–Kier alpha value is 1.75. The second-order valence-electron chi connectivity index (χ2n) is 1.30. The molecule has 0 spiro atoms. The van der Waals surface area contributed by atoms with Gasteiger partial charge < -0.3 is 1.43 Å². The molecule has 2 heteroatoms. The smallest absolute Gasteiger partial charge is 1.00 e. The molecule has 0 saturated carbocycles. The van der Waals surface area contributed by atoms with Gasteiger partial charge in [-0.3, -0.25) is 0 Å². The van der Waals surface area contributed by atoms with E-state index in [1.807, 2.05) is 30.3 Å². The van der Waals surface area contributed by atoms with Gasteiger partial charge in [0.25, 0.3) is 0 Å². The molecular weight excluding hydrogens is 285 g/mol. The Morgan fingerprint density at radius 3 is 1.88 bits per heavy atom. The number of rotatable bonds is 0. The van der Waals surface area contributed by atoms with Gasteiger partial charge in [0.15, 0.2) is 0 Å². The van der Waals surface area contributed by atoms with Crippen molar-refractivity contribution in [2.45, 2.75) is 0 Å². The molecule has 1 rings (SSSR count). The fraction of sp³-hybridized carbons (Fsp3) is 0. The van der Waals surface area contributed by atoms with E-state index in [2.05, 4.69) is 15.9 Å². The van der Waals surface area contributed by atoms with Crippen LogP contribution in [0.1, 0.15) is 1.43 Å². The number of benzene rings is 1. The molecule has 0 saturated heterocycles. The van der Waals surface area contributed by atoms with Crippen LogP contribution in [0.25, 0.3) is 0 Å². The summed E-state index contributed by atoms with van der Waals surface area (Å²) in [6.07, 6.45) is 0. The first-order valence-corrected chi connectivity index (χ1v) is 2.89. The molecule has 1 aromatic carbocycles. The molecule has 0 bridgehead atoms. The predicted octanol–water partition coefficient (Wildman–Crippen LogP) is -0.434. The Kier molecular flexibility index (Phi) is 6.74. The van der Waals surface area contributed by atoms with Gasteiger partial charge in [0.1, 0.15) is 0 Å². The third kappa shape index (κ3) is 3.72. The van der Waals surface area contributed by atoms with Crippen molar-refractivity contribution in [1.82, 2.24) is 0 Å². The number of halogens is 1. The molecule has 0 amide bonds. The molecule has 0 aromatic heterocycles. The van der Waals surface area contributed by atoms with E-state index in [4.69, 9.17) is 0 Å². The first-order chi connectivity index (χ1) is 3.39. The molecule has 0 fully saturated rings.